The van der Waals surface area contributed by atoms with Crippen molar-refractivity contribution in [2.75, 3.05) is 84.2 Å². The van der Waals surface area contributed by atoms with Crippen LogP contribution in [0.15, 0.2) is 66.3 Å². The highest BCUT2D eigenvalue weighted by molar-refractivity contribution is 7.99. The van der Waals surface area contributed by atoms with Crippen molar-refractivity contribution in [3.8, 4) is 5.75 Å². The monoisotopic (exact) mass is 1300 g/mol. The Labute approximate surface area is 534 Å². The van der Waals surface area contributed by atoms with Gasteiger partial charge in [0.25, 0.3) is 0 Å². The molecule has 7 amide bonds. The Balaban J connectivity index is 1.02. The molecule has 4 aliphatic rings. The van der Waals surface area contributed by atoms with E-state index in [-0.39, 0.29) is 98.8 Å². The molecule has 0 radical (unpaired) electrons. The van der Waals surface area contributed by atoms with Crippen molar-refractivity contribution >= 4 is 88.6 Å². The summed E-state index contributed by atoms with van der Waals surface area (Å²) in [6.45, 7) is 6.24. The first-order valence-electron chi connectivity index (χ1n) is 29.9. The molecule has 4 bridgehead atoms. The molecule has 0 saturated carbocycles. The molecular formula is C63H86ClN7O18S. The van der Waals surface area contributed by atoms with Crippen molar-refractivity contribution in [2.24, 2.45) is 5.92 Å². The second-order valence-corrected chi connectivity index (χ2v) is 24.4. The normalized spacial score (nSPS) is 25.0. The summed E-state index contributed by atoms with van der Waals surface area (Å²) in [6, 6.07) is 7.05. The number of nitrogens with zero attached hydrogens (tertiary/aromatic N) is 3. The summed E-state index contributed by atoms with van der Waals surface area (Å²) < 4.78 is 46.0. The SMILES string of the molecule is COc1cc2cc(c1Cl)CC(=O)C[C@H](OC(=O)[C@H](C)N(C)C(=O)CCOC(=O)N(C)CCN(C)C(=O)OCc1ccc(NC(=O)OC3/C=C/CCCCC3)c(NC(=O)CCNC(=O)CSC)c1)[C@]1(C)O[C@H]1[C@H](C)[C@@H]1C[C@@](O)(NC(=O)O1)[C@H](OC)/C=C/C=C(\C)C2. The lowest BCUT2D eigenvalue weighted by atomic mass is 9.83. The fourth-order valence-electron chi connectivity index (χ4n) is 10.6. The lowest BCUT2D eigenvalue weighted by Crippen LogP contribution is -2.63. The van der Waals surface area contributed by atoms with Gasteiger partial charge >= 0.3 is 30.3 Å². The summed E-state index contributed by atoms with van der Waals surface area (Å²) in [4.78, 5) is 123. The first-order chi connectivity index (χ1) is 42.8. The molecule has 0 aromatic heterocycles. The molecular weight excluding hydrogens is 1210 g/mol. The number of fused-ring (bicyclic) bond motifs is 5. The molecule has 494 valence electrons. The summed E-state index contributed by atoms with van der Waals surface area (Å²) >= 11 is 8.13. The van der Waals surface area contributed by atoms with Crippen LogP contribution in [0.3, 0.4) is 0 Å². The summed E-state index contributed by atoms with van der Waals surface area (Å²) in [5.41, 5.74) is -0.145. The molecule has 9 atom stereocenters. The van der Waals surface area contributed by atoms with Crippen LogP contribution in [0.2, 0.25) is 5.02 Å². The second-order valence-electron chi connectivity index (χ2n) is 23.2. The zero-order valence-corrected chi connectivity index (χ0v) is 54.4. The number of nitrogens with one attached hydrogen (secondary N) is 4. The molecule has 2 aliphatic heterocycles. The van der Waals surface area contributed by atoms with Crippen LogP contribution in [0.4, 0.5) is 30.6 Å². The van der Waals surface area contributed by atoms with Gasteiger partial charge in [0, 0.05) is 79.5 Å². The fraction of sp³-hybridized carbons (Fsp3) is 0.571. The Bertz CT molecular complexity index is 3020. The Hall–Kier alpha value is -7.39. The van der Waals surface area contributed by atoms with Crippen molar-refractivity contribution in [1.29, 1.82) is 0 Å². The number of ether oxygens (including phenoxy) is 8. The molecule has 2 aromatic carbocycles. The largest absolute Gasteiger partial charge is 0.495 e. The molecule has 90 heavy (non-hydrogen) atoms. The van der Waals surface area contributed by atoms with E-state index in [4.69, 9.17) is 49.5 Å². The van der Waals surface area contributed by atoms with Crippen LogP contribution in [0.25, 0.3) is 0 Å². The van der Waals surface area contributed by atoms with Gasteiger partial charge in [0.15, 0.2) is 5.72 Å². The smallest absolute Gasteiger partial charge is 0.412 e. The lowest BCUT2D eigenvalue weighted by molar-refractivity contribution is -0.162. The lowest BCUT2D eigenvalue weighted by Gasteiger charge is -2.42. The summed E-state index contributed by atoms with van der Waals surface area (Å²) in [7, 11) is 7.15. The molecule has 6 rings (SSSR count). The number of hydrogen-bond acceptors (Lipinski definition) is 19. The number of Topliss-reactive ketones (excluding diaryl/α,β-unsaturated/α-hetero) is 1. The van der Waals surface area contributed by atoms with Crippen molar-refractivity contribution in [3.05, 3.63) is 88.0 Å². The van der Waals surface area contributed by atoms with E-state index in [1.165, 1.54) is 63.8 Å². The highest BCUT2D eigenvalue weighted by atomic mass is 35.5. The molecule has 0 spiro atoms. The highest BCUT2D eigenvalue weighted by Crippen LogP contribution is 2.49. The number of anilines is 2. The average Bonchev–Trinajstić information content (AvgIpc) is 1.58. The van der Waals surface area contributed by atoms with Crippen molar-refractivity contribution in [1.82, 2.24) is 25.3 Å². The van der Waals surface area contributed by atoms with Gasteiger partial charge < -0.3 is 68.3 Å². The molecule has 27 heteroatoms. The average molecular weight is 1300 g/mol. The number of amides is 7. The van der Waals surface area contributed by atoms with E-state index in [2.05, 4.69) is 21.3 Å². The predicted octanol–water partition coefficient (Wildman–Crippen LogP) is 7.64. The van der Waals surface area contributed by atoms with Crippen LogP contribution >= 0.6 is 23.4 Å². The predicted molar refractivity (Wildman–Crippen MR) is 335 cm³/mol. The molecule has 2 aromatic rings. The number of ketones is 1. The van der Waals surface area contributed by atoms with Crippen molar-refractivity contribution in [2.45, 2.75) is 153 Å². The first-order valence-corrected chi connectivity index (χ1v) is 31.7. The number of esters is 1. The van der Waals surface area contributed by atoms with E-state index in [1.54, 1.807) is 62.6 Å². The van der Waals surface area contributed by atoms with Crippen LogP contribution < -0.4 is 26.0 Å². The topological polar surface area (TPSA) is 309 Å². The van der Waals surface area contributed by atoms with Gasteiger partial charge in [-0.3, -0.25) is 29.8 Å². The quantitative estimate of drug-likeness (QED) is 0.0347. The fourth-order valence-corrected chi connectivity index (χ4v) is 11.2. The number of allylic oxidation sites excluding steroid dienone is 4. The number of thioether (sulfide) groups is 1. The second kappa shape index (κ2) is 33.6. The summed E-state index contributed by atoms with van der Waals surface area (Å²) in [6.07, 6.45) is 7.35. The van der Waals surface area contributed by atoms with Crippen molar-refractivity contribution in [3.63, 3.8) is 0 Å². The standard InChI is InChI=1S/C63H86ClN7O18S/c1-38-17-16-20-50(83-9)63(81)35-49(87-59(78)68-63)39(2)56-62(4,89-56)51(34-44(72)33-43-30-42(29-38)32-48(82-8)55(43)64)88-57(76)40(3)71(7)54(75)24-28-84-60(79)69(5)26-27-70(6)61(80)85-36-41-21-22-46(67-58(77)86-45-18-14-12-11-13-15-19-45)47(31-41)66-52(73)23-25-65-53(74)37-90-10/h14,16-18,20-22,30-32,39-40,45,49-51,56,81H,11-13,15,19,23-29,33-37H2,1-10H3,(H,65,74)(H,66,73)(H,67,77)(H,68,78)/b18-14+,20-16+,38-17+/t39-,40+,45?,49+,50-,51+,56+,62+,63+/m1/s1. The van der Waals surface area contributed by atoms with Gasteiger partial charge in [-0.25, -0.2) is 24.0 Å². The summed E-state index contributed by atoms with van der Waals surface area (Å²) in [5.74, 6) is -2.49. The van der Waals surface area contributed by atoms with Gasteiger partial charge in [0.05, 0.1) is 41.8 Å². The third-order valence-corrected chi connectivity index (χ3v) is 17.1. The van der Waals surface area contributed by atoms with Crippen molar-refractivity contribution < 1.29 is 86.2 Å². The van der Waals surface area contributed by atoms with Crippen LogP contribution in [0.1, 0.15) is 102 Å². The molecule has 2 aliphatic carbocycles. The molecule has 1 unspecified atom stereocenters. The number of rotatable bonds is 21. The Morgan fingerprint density at radius 3 is 2.36 bits per heavy atom. The number of benzene rings is 2. The molecule has 2 heterocycles. The third-order valence-electron chi connectivity index (χ3n) is 16.1. The van der Waals surface area contributed by atoms with Crippen LogP contribution in [0.5, 0.6) is 5.75 Å². The molecule has 25 nitrogen and oxygen atoms in total. The number of aliphatic hydroxyl groups is 1. The first kappa shape index (κ1) is 71.7. The van der Waals surface area contributed by atoms with E-state index >= 15 is 0 Å². The molecule has 2 saturated heterocycles. The van der Waals surface area contributed by atoms with Crippen LogP contribution in [-0.2, 0) is 76.6 Å². The van der Waals surface area contributed by atoms with E-state index in [9.17, 15) is 48.3 Å². The minimum absolute atomic E-state index is 0.00383. The zero-order chi connectivity index (χ0) is 65.9. The van der Waals surface area contributed by atoms with E-state index in [0.29, 0.717) is 29.7 Å². The van der Waals surface area contributed by atoms with Gasteiger partial charge in [0.2, 0.25) is 17.7 Å². The summed E-state index contributed by atoms with van der Waals surface area (Å²) in [5, 5.41) is 22.7. The Morgan fingerprint density at radius 2 is 1.64 bits per heavy atom. The number of epoxide rings is 1. The zero-order valence-electron chi connectivity index (χ0n) is 52.9. The van der Waals surface area contributed by atoms with E-state index < -0.39 is 96.0 Å². The Morgan fingerprint density at radius 1 is 0.911 bits per heavy atom. The number of alkyl carbamates (subject to hydrolysis) is 1. The number of methoxy groups -OCH3 is 2. The maximum atomic E-state index is 14.2. The van der Waals surface area contributed by atoms with Gasteiger partial charge in [-0.1, -0.05) is 67.0 Å². The minimum atomic E-state index is -1.90. The number of halogens is 1. The van der Waals surface area contributed by atoms with Gasteiger partial charge in [-0.2, -0.15) is 11.8 Å². The van der Waals surface area contributed by atoms with Gasteiger partial charge in [0.1, 0.15) is 60.8 Å². The molecule has 2 fully saturated rings. The van der Waals surface area contributed by atoms with Crippen LogP contribution in [0, 0.1) is 5.92 Å². The number of likely N-dealkylation sites (N-methyl/N-ethyl adjacent to an activating group) is 3. The maximum Gasteiger partial charge on any atom is 0.412 e. The third kappa shape index (κ3) is 20.6. The van der Waals surface area contributed by atoms with E-state index in [1.807, 2.05) is 25.2 Å². The van der Waals surface area contributed by atoms with Crippen LogP contribution in [-0.4, -0.2) is 195 Å². The highest BCUT2D eigenvalue weighted by Gasteiger charge is 2.64. The maximum absolute atomic E-state index is 14.2. The number of carbonyl (C=O) groups excluding carboxylic acids is 9. The van der Waals surface area contributed by atoms with Gasteiger partial charge in [-0.15, -0.1) is 0 Å². The van der Waals surface area contributed by atoms with E-state index in [0.717, 1.165) is 41.7 Å². The van der Waals surface area contributed by atoms with Gasteiger partial charge in [-0.05, 0) is 100 Å². The Kier molecular flexibility index (Phi) is 26.8. The number of carbonyl (C=O) groups is 9. The minimum Gasteiger partial charge on any atom is -0.495 e. The molecule has 5 N–H and O–H groups in total. The number of hydrogen-bond donors (Lipinski definition) is 5.